The fourth-order valence-corrected chi connectivity index (χ4v) is 4.66. The minimum absolute atomic E-state index is 0.0352. The molecule has 4 atom stereocenters. The molecule has 0 bridgehead atoms. The molecule has 0 radical (unpaired) electrons. The Morgan fingerprint density at radius 2 is 1.52 bits per heavy atom. The molecule has 4 unspecified atom stereocenters. The summed E-state index contributed by atoms with van der Waals surface area (Å²) in [6, 6.07) is 12.6. The van der Waals surface area contributed by atoms with Gasteiger partial charge in [-0.15, -0.1) is 13.0 Å². The van der Waals surface area contributed by atoms with Crippen molar-refractivity contribution < 1.29 is 28.7 Å². The number of hydrogen-bond donors (Lipinski definition) is 2. The maximum atomic E-state index is 14.4. The first-order valence-electron chi connectivity index (χ1n) is 15.5. The van der Waals surface area contributed by atoms with Gasteiger partial charge in [-0.2, -0.15) is 0 Å². The summed E-state index contributed by atoms with van der Waals surface area (Å²) < 4.78 is 11.1. The lowest BCUT2D eigenvalue weighted by Crippen LogP contribution is -2.56. The van der Waals surface area contributed by atoms with E-state index < -0.39 is 53.2 Å². The lowest BCUT2D eigenvalue weighted by atomic mass is 9.95. The van der Waals surface area contributed by atoms with Crippen LogP contribution in [0.1, 0.15) is 84.5 Å². The summed E-state index contributed by atoms with van der Waals surface area (Å²) >= 11 is 0. The molecule has 2 rings (SSSR count). The molecule has 0 saturated carbocycles. The lowest BCUT2D eigenvalue weighted by molar-refractivity contribution is -0.159. The van der Waals surface area contributed by atoms with Gasteiger partial charge < -0.3 is 25.0 Å². The lowest BCUT2D eigenvalue weighted by Gasteiger charge is -2.36. The van der Waals surface area contributed by atoms with Crippen LogP contribution < -0.4 is 10.6 Å². The van der Waals surface area contributed by atoms with Crippen molar-refractivity contribution in [2.75, 3.05) is 6.54 Å². The number of ether oxygens (including phenoxy) is 2. The Morgan fingerprint density at radius 3 is 2.02 bits per heavy atom. The molecule has 3 amide bonds. The van der Waals surface area contributed by atoms with Crippen LogP contribution in [0.2, 0.25) is 0 Å². The average molecular weight is 632 g/mol. The van der Waals surface area contributed by atoms with Crippen molar-refractivity contribution in [1.29, 1.82) is 0 Å². The topological polar surface area (TPSA) is 114 Å². The van der Waals surface area contributed by atoms with Crippen molar-refractivity contribution in [3.8, 4) is 12.3 Å². The number of benzene rings is 2. The molecule has 0 saturated heterocycles. The molecule has 248 valence electrons. The molecule has 0 aliphatic heterocycles. The Hall–Kier alpha value is -4.58. The van der Waals surface area contributed by atoms with Gasteiger partial charge in [0, 0.05) is 18.5 Å². The second kappa shape index (κ2) is 16.6. The highest BCUT2D eigenvalue weighted by Gasteiger charge is 2.39. The third kappa shape index (κ3) is 11.7. The number of carbonyl (C=O) groups is 4. The highest BCUT2D eigenvalue weighted by atomic mass is 16.6. The van der Waals surface area contributed by atoms with Crippen molar-refractivity contribution in [3.63, 3.8) is 0 Å². The molecule has 0 spiro atoms. The van der Waals surface area contributed by atoms with Gasteiger partial charge in [0.05, 0.1) is 0 Å². The summed E-state index contributed by atoms with van der Waals surface area (Å²) in [5.41, 5.74) is 0.262. The minimum atomic E-state index is -1.22. The van der Waals surface area contributed by atoms with E-state index in [9.17, 15) is 19.2 Å². The van der Waals surface area contributed by atoms with Gasteiger partial charge in [0.15, 0.2) is 0 Å². The second-order valence-corrected chi connectivity index (χ2v) is 13.2. The van der Waals surface area contributed by atoms with Gasteiger partial charge in [-0.1, -0.05) is 74.7 Å². The van der Waals surface area contributed by atoms with E-state index in [-0.39, 0.29) is 18.9 Å². The monoisotopic (exact) mass is 631 g/mol. The van der Waals surface area contributed by atoms with Crippen LogP contribution in [0.3, 0.4) is 0 Å². The molecule has 9 nitrogen and oxygen atoms in total. The SMILES string of the molecule is C#Cc1ccc(C(C(=O)NC(Cc2ccccc2)C(=O)OC(C)(C)C)N(CC=C)C(=O)C(NC(=O)OC(C)(C)C)C(C)CC)cc1. The molecule has 0 aromatic heterocycles. The van der Waals surface area contributed by atoms with Gasteiger partial charge in [-0.3, -0.25) is 9.59 Å². The van der Waals surface area contributed by atoms with E-state index in [0.717, 1.165) is 5.56 Å². The molecule has 0 aliphatic carbocycles. The van der Waals surface area contributed by atoms with E-state index in [1.165, 1.54) is 11.0 Å². The zero-order valence-corrected chi connectivity index (χ0v) is 28.4. The summed E-state index contributed by atoms with van der Waals surface area (Å²) in [6.07, 6.45) is 7.05. The Morgan fingerprint density at radius 1 is 0.935 bits per heavy atom. The van der Waals surface area contributed by atoms with Gasteiger partial charge in [0.2, 0.25) is 11.8 Å². The van der Waals surface area contributed by atoms with Crippen molar-refractivity contribution >= 4 is 23.9 Å². The largest absolute Gasteiger partial charge is 0.458 e. The summed E-state index contributed by atoms with van der Waals surface area (Å²) in [6.45, 7) is 18.0. The number of nitrogens with one attached hydrogen (secondary N) is 2. The summed E-state index contributed by atoms with van der Waals surface area (Å²) in [5, 5.41) is 5.59. The zero-order valence-electron chi connectivity index (χ0n) is 28.4. The fourth-order valence-electron chi connectivity index (χ4n) is 4.66. The average Bonchev–Trinajstić information content (AvgIpc) is 2.97. The van der Waals surface area contributed by atoms with Gasteiger partial charge in [-0.25, -0.2) is 9.59 Å². The third-order valence-electron chi connectivity index (χ3n) is 7.00. The van der Waals surface area contributed by atoms with Crippen LogP contribution in [0.5, 0.6) is 0 Å². The Labute approximate surface area is 274 Å². The Bertz CT molecular complexity index is 1380. The van der Waals surface area contributed by atoms with E-state index in [1.807, 2.05) is 44.2 Å². The number of esters is 1. The number of hydrogen-bond acceptors (Lipinski definition) is 6. The molecule has 46 heavy (non-hydrogen) atoms. The van der Waals surface area contributed by atoms with Gasteiger partial charge in [0.25, 0.3) is 0 Å². The van der Waals surface area contributed by atoms with Gasteiger partial charge in [-0.05, 0) is 70.7 Å². The first-order chi connectivity index (χ1) is 21.5. The fraction of sp³-hybridized carbons (Fsp3) is 0.459. The first-order valence-corrected chi connectivity index (χ1v) is 15.5. The van der Waals surface area contributed by atoms with Crippen molar-refractivity contribution in [3.05, 3.63) is 83.9 Å². The normalized spacial score (nSPS) is 14.0. The van der Waals surface area contributed by atoms with E-state index >= 15 is 0 Å². The molecule has 2 aromatic carbocycles. The number of alkyl carbamates (subject to hydrolysis) is 1. The Kier molecular flexibility index (Phi) is 13.6. The highest BCUT2D eigenvalue weighted by Crippen LogP contribution is 2.26. The summed E-state index contributed by atoms with van der Waals surface area (Å²) in [4.78, 5) is 56.4. The molecule has 0 fully saturated rings. The molecule has 9 heteroatoms. The van der Waals surface area contributed by atoms with Crippen LogP contribution in [0.25, 0.3) is 0 Å². The van der Waals surface area contributed by atoms with Crippen molar-refractivity contribution in [2.24, 2.45) is 5.92 Å². The molecule has 0 aliphatic rings. The summed E-state index contributed by atoms with van der Waals surface area (Å²) in [7, 11) is 0. The van der Waals surface area contributed by atoms with Gasteiger partial charge >= 0.3 is 12.1 Å². The maximum absolute atomic E-state index is 14.4. The van der Waals surface area contributed by atoms with Gasteiger partial charge in [0.1, 0.15) is 29.3 Å². The number of rotatable bonds is 13. The number of carbonyl (C=O) groups excluding carboxylic acids is 4. The number of nitrogens with zero attached hydrogens (tertiary/aromatic N) is 1. The molecular formula is C37H49N3O6. The standard InChI is InChI=1S/C37H49N3O6/c1-11-23-40(33(42)30(25(4)12-2)39-35(44)46-37(8,9)10)31(28-21-19-26(13-3)20-22-28)32(41)38-29(34(43)45-36(5,6)7)24-27-17-15-14-16-18-27/h3,11,14-22,25,29-31H,1,12,23-24H2,2,4-10H3,(H,38,41)(H,39,44). The first kappa shape index (κ1) is 37.6. The minimum Gasteiger partial charge on any atom is -0.458 e. The van der Waals surface area contributed by atoms with Crippen LogP contribution in [0.15, 0.2) is 67.3 Å². The predicted molar refractivity (Wildman–Crippen MR) is 180 cm³/mol. The van der Waals surface area contributed by atoms with Crippen LogP contribution in [0, 0.1) is 18.3 Å². The smallest absolute Gasteiger partial charge is 0.408 e. The maximum Gasteiger partial charge on any atom is 0.408 e. The van der Waals surface area contributed by atoms with E-state index in [0.29, 0.717) is 17.5 Å². The molecule has 2 aromatic rings. The Balaban J connectivity index is 2.62. The predicted octanol–water partition coefficient (Wildman–Crippen LogP) is 5.73. The molecular weight excluding hydrogens is 582 g/mol. The van der Waals surface area contributed by atoms with Crippen molar-refractivity contribution in [2.45, 2.75) is 97.6 Å². The number of amides is 3. The van der Waals surface area contributed by atoms with E-state index in [1.54, 1.807) is 65.8 Å². The van der Waals surface area contributed by atoms with Crippen LogP contribution in [-0.4, -0.2) is 58.6 Å². The highest BCUT2D eigenvalue weighted by molar-refractivity contribution is 5.94. The third-order valence-corrected chi connectivity index (χ3v) is 7.00. The van der Waals surface area contributed by atoms with E-state index in [2.05, 4.69) is 23.1 Å². The van der Waals surface area contributed by atoms with Crippen LogP contribution >= 0.6 is 0 Å². The van der Waals surface area contributed by atoms with Crippen LogP contribution in [0.4, 0.5) is 4.79 Å². The number of terminal acetylenes is 1. The van der Waals surface area contributed by atoms with Crippen molar-refractivity contribution in [1.82, 2.24) is 15.5 Å². The van der Waals surface area contributed by atoms with E-state index in [4.69, 9.17) is 15.9 Å². The van der Waals surface area contributed by atoms with Crippen LogP contribution in [-0.2, 0) is 30.3 Å². The zero-order chi connectivity index (χ0) is 34.7. The molecule has 2 N–H and O–H groups in total. The quantitative estimate of drug-likeness (QED) is 0.166. The summed E-state index contributed by atoms with van der Waals surface area (Å²) in [5.74, 6) is 0.499. The molecule has 0 heterocycles. The second-order valence-electron chi connectivity index (χ2n) is 13.2.